The molecule has 0 spiro atoms. The van der Waals surface area contributed by atoms with Gasteiger partial charge in [-0.15, -0.1) is 0 Å². The molecule has 7 heteroatoms. The molecule has 0 aliphatic carbocycles. The van der Waals surface area contributed by atoms with E-state index in [0.29, 0.717) is 39.4 Å². The van der Waals surface area contributed by atoms with Gasteiger partial charge < -0.3 is 19.5 Å². The molecule has 0 bridgehead atoms. The van der Waals surface area contributed by atoms with Crippen LogP contribution in [0.2, 0.25) is 0 Å². The van der Waals surface area contributed by atoms with Crippen LogP contribution >= 0.6 is 0 Å². The van der Waals surface area contributed by atoms with E-state index in [1.807, 2.05) is 31.2 Å². The quantitative estimate of drug-likeness (QED) is 0.735. The first kappa shape index (κ1) is 21.6. The summed E-state index contributed by atoms with van der Waals surface area (Å²) in [5.74, 6) is 0.983. The van der Waals surface area contributed by atoms with Crippen molar-refractivity contribution in [1.29, 1.82) is 0 Å². The van der Waals surface area contributed by atoms with Crippen LogP contribution in [0.5, 0.6) is 11.5 Å². The molecule has 1 saturated heterocycles. The minimum Gasteiger partial charge on any atom is -0.494 e. The summed E-state index contributed by atoms with van der Waals surface area (Å²) in [5.41, 5.74) is 1.83. The Morgan fingerprint density at radius 2 is 2.10 bits per heavy atom. The lowest BCUT2D eigenvalue weighted by molar-refractivity contribution is -0.126. The van der Waals surface area contributed by atoms with Crippen LogP contribution in [0.3, 0.4) is 0 Å². The third-order valence-corrected chi connectivity index (χ3v) is 5.81. The molecule has 0 aromatic heterocycles. The topological polar surface area (TPSA) is 60.0 Å². The number of rotatable bonds is 7. The summed E-state index contributed by atoms with van der Waals surface area (Å²) < 4.78 is 30.7. The van der Waals surface area contributed by atoms with E-state index in [1.165, 1.54) is 6.07 Å². The van der Waals surface area contributed by atoms with Gasteiger partial charge in [0.25, 0.3) is 0 Å². The van der Waals surface area contributed by atoms with E-state index in [0.717, 1.165) is 35.7 Å². The Morgan fingerprint density at radius 1 is 1.26 bits per heavy atom. The van der Waals surface area contributed by atoms with Gasteiger partial charge in [-0.3, -0.25) is 9.69 Å². The molecule has 0 saturated carbocycles. The molecular formula is C24H29FN2O4. The second-order valence-corrected chi connectivity index (χ2v) is 7.88. The van der Waals surface area contributed by atoms with E-state index < -0.39 is 0 Å². The van der Waals surface area contributed by atoms with Crippen molar-refractivity contribution in [1.82, 2.24) is 10.2 Å². The molecule has 2 aromatic rings. The maximum absolute atomic E-state index is 13.9. The number of amides is 1. The molecule has 31 heavy (non-hydrogen) atoms. The average Bonchev–Trinajstić information content (AvgIpc) is 2.79. The standard InChI is InChI=1S/C24H29FN2O4/c1-2-30-21-6-7-23-18(14-21)12-19(16-31-23)24(28)26-15-22(27-8-10-29-11-9-27)17-4-3-5-20(25)13-17/h3-7,13-14,19,22H,2,8-12,15-16H2,1H3,(H,26,28). The van der Waals surface area contributed by atoms with Gasteiger partial charge in [-0.05, 0) is 54.8 Å². The number of carbonyl (C=O) groups is 1. The zero-order valence-electron chi connectivity index (χ0n) is 17.8. The Bertz CT molecular complexity index is 901. The molecular weight excluding hydrogens is 399 g/mol. The van der Waals surface area contributed by atoms with Crippen LogP contribution < -0.4 is 14.8 Å². The molecule has 1 N–H and O–H groups in total. The number of nitrogens with zero attached hydrogens (tertiary/aromatic N) is 1. The van der Waals surface area contributed by atoms with Crippen molar-refractivity contribution in [3.05, 3.63) is 59.4 Å². The minimum absolute atomic E-state index is 0.0536. The van der Waals surface area contributed by atoms with Gasteiger partial charge in [0, 0.05) is 19.6 Å². The molecule has 0 radical (unpaired) electrons. The van der Waals surface area contributed by atoms with Gasteiger partial charge >= 0.3 is 0 Å². The van der Waals surface area contributed by atoms with E-state index in [1.54, 1.807) is 12.1 Å². The van der Waals surface area contributed by atoms with Crippen LogP contribution in [0, 0.1) is 11.7 Å². The van der Waals surface area contributed by atoms with Gasteiger partial charge in [-0.2, -0.15) is 0 Å². The third kappa shape index (κ3) is 5.35. The SMILES string of the molecule is CCOc1ccc2c(c1)CC(C(=O)NCC(c1cccc(F)c1)N1CCOCC1)CO2. The Morgan fingerprint density at radius 3 is 2.87 bits per heavy atom. The van der Waals surface area contributed by atoms with Crippen LogP contribution in [0.1, 0.15) is 24.1 Å². The van der Waals surface area contributed by atoms with Crippen molar-refractivity contribution in [3.63, 3.8) is 0 Å². The highest BCUT2D eigenvalue weighted by atomic mass is 19.1. The Hall–Kier alpha value is -2.64. The summed E-state index contributed by atoms with van der Waals surface area (Å²) in [7, 11) is 0. The van der Waals surface area contributed by atoms with Crippen molar-refractivity contribution in [3.8, 4) is 11.5 Å². The Labute approximate surface area is 182 Å². The van der Waals surface area contributed by atoms with Crippen molar-refractivity contribution in [2.24, 2.45) is 5.92 Å². The number of fused-ring (bicyclic) bond motifs is 1. The highest BCUT2D eigenvalue weighted by Crippen LogP contribution is 2.31. The summed E-state index contributed by atoms with van der Waals surface area (Å²) in [6.07, 6.45) is 0.601. The second kappa shape index (κ2) is 10.1. The zero-order valence-corrected chi connectivity index (χ0v) is 17.8. The molecule has 6 nitrogen and oxygen atoms in total. The summed E-state index contributed by atoms with van der Waals surface area (Å²) in [5, 5.41) is 3.08. The lowest BCUT2D eigenvalue weighted by Crippen LogP contribution is -2.45. The first-order valence-corrected chi connectivity index (χ1v) is 10.9. The molecule has 2 aliphatic heterocycles. The van der Waals surface area contributed by atoms with Crippen LogP contribution in [-0.2, 0) is 16.0 Å². The lowest BCUT2D eigenvalue weighted by Gasteiger charge is -2.35. The number of nitrogens with one attached hydrogen (secondary N) is 1. The van der Waals surface area contributed by atoms with Crippen LogP contribution in [-0.4, -0.2) is 56.9 Å². The summed E-state index contributed by atoms with van der Waals surface area (Å²) in [4.78, 5) is 15.2. The fourth-order valence-corrected chi connectivity index (χ4v) is 4.20. The van der Waals surface area contributed by atoms with Crippen molar-refractivity contribution in [2.75, 3.05) is 46.1 Å². The smallest absolute Gasteiger partial charge is 0.226 e. The highest BCUT2D eigenvalue weighted by molar-refractivity contribution is 5.79. The van der Waals surface area contributed by atoms with E-state index in [9.17, 15) is 9.18 Å². The summed E-state index contributed by atoms with van der Waals surface area (Å²) in [6, 6.07) is 12.2. The molecule has 1 fully saturated rings. The molecule has 2 aromatic carbocycles. The molecule has 4 rings (SSSR count). The Balaban J connectivity index is 1.42. The minimum atomic E-state index is -0.276. The van der Waals surface area contributed by atoms with Crippen LogP contribution in [0.15, 0.2) is 42.5 Å². The number of carbonyl (C=O) groups excluding carboxylic acids is 1. The normalized spacial score (nSPS) is 19.7. The molecule has 2 unspecified atom stereocenters. The lowest BCUT2D eigenvalue weighted by atomic mass is 9.95. The first-order chi connectivity index (χ1) is 15.1. The zero-order chi connectivity index (χ0) is 21.6. The predicted molar refractivity (Wildman–Crippen MR) is 115 cm³/mol. The molecule has 2 atom stereocenters. The number of halogens is 1. The number of hydrogen-bond acceptors (Lipinski definition) is 5. The van der Waals surface area contributed by atoms with Gasteiger partial charge in [-0.1, -0.05) is 12.1 Å². The molecule has 166 valence electrons. The maximum atomic E-state index is 13.9. The number of morpholine rings is 1. The van der Waals surface area contributed by atoms with Gasteiger partial charge in [-0.25, -0.2) is 4.39 Å². The maximum Gasteiger partial charge on any atom is 0.226 e. The van der Waals surface area contributed by atoms with E-state index >= 15 is 0 Å². The monoisotopic (exact) mass is 428 g/mol. The summed E-state index contributed by atoms with van der Waals surface area (Å²) in [6.45, 7) is 6.04. The number of ether oxygens (including phenoxy) is 3. The van der Waals surface area contributed by atoms with Gasteiger partial charge in [0.05, 0.1) is 31.8 Å². The number of hydrogen-bond donors (Lipinski definition) is 1. The largest absolute Gasteiger partial charge is 0.494 e. The van der Waals surface area contributed by atoms with E-state index in [-0.39, 0.29) is 23.7 Å². The summed E-state index contributed by atoms with van der Waals surface area (Å²) >= 11 is 0. The van der Waals surface area contributed by atoms with Gasteiger partial charge in [0.2, 0.25) is 5.91 Å². The van der Waals surface area contributed by atoms with Gasteiger partial charge in [0.1, 0.15) is 23.9 Å². The third-order valence-electron chi connectivity index (χ3n) is 5.81. The number of benzene rings is 2. The average molecular weight is 429 g/mol. The fourth-order valence-electron chi connectivity index (χ4n) is 4.20. The van der Waals surface area contributed by atoms with E-state index in [2.05, 4.69) is 10.2 Å². The van der Waals surface area contributed by atoms with Crippen molar-refractivity contribution >= 4 is 5.91 Å². The predicted octanol–water partition coefficient (Wildman–Crippen LogP) is 2.97. The first-order valence-electron chi connectivity index (χ1n) is 10.9. The van der Waals surface area contributed by atoms with E-state index in [4.69, 9.17) is 14.2 Å². The Kier molecular flexibility index (Phi) is 7.04. The molecule has 2 heterocycles. The van der Waals surface area contributed by atoms with Crippen LogP contribution in [0.25, 0.3) is 0 Å². The van der Waals surface area contributed by atoms with Crippen molar-refractivity contribution in [2.45, 2.75) is 19.4 Å². The highest BCUT2D eigenvalue weighted by Gasteiger charge is 2.29. The van der Waals surface area contributed by atoms with Crippen LogP contribution in [0.4, 0.5) is 4.39 Å². The van der Waals surface area contributed by atoms with Crippen molar-refractivity contribution < 1.29 is 23.4 Å². The van der Waals surface area contributed by atoms with Gasteiger partial charge in [0.15, 0.2) is 0 Å². The molecule has 1 amide bonds. The second-order valence-electron chi connectivity index (χ2n) is 7.88. The molecule has 2 aliphatic rings. The fraction of sp³-hybridized carbons (Fsp3) is 0.458.